The molecule has 0 saturated carbocycles. The molecule has 0 saturated heterocycles. The lowest BCUT2D eigenvalue weighted by molar-refractivity contribution is -0.125. The van der Waals surface area contributed by atoms with Gasteiger partial charge in [0.1, 0.15) is 23.1 Å². The Morgan fingerprint density at radius 2 is 1.00 bits per heavy atom. The van der Waals surface area contributed by atoms with E-state index in [4.69, 9.17) is 9.47 Å². The molecule has 0 radical (unpaired) electrons. The second-order valence-electron chi connectivity index (χ2n) is 6.25. The Morgan fingerprint density at radius 3 is 1.30 bits per heavy atom. The second-order valence-corrected chi connectivity index (χ2v) is 6.25. The Morgan fingerprint density at radius 1 is 0.667 bits per heavy atom. The number of hydrogen-bond acceptors (Lipinski definition) is 6. The van der Waals surface area contributed by atoms with Gasteiger partial charge in [0, 0.05) is 0 Å². The summed E-state index contributed by atoms with van der Waals surface area (Å²) in [7, 11) is 3.05. The molecule has 2 amide bonds. The smallest absolute Gasteiger partial charge is 0.231 e. The highest BCUT2D eigenvalue weighted by Gasteiger charge is 2.09. The summed E-state index contributed by atoms with van der Waals surface area (Å²) in [4.78, 5) is 44.0. The van der Waals surface area contributed by atoms with Crippen molar-refractivity contribution in [3.05, 3.63) is 48.5 Å². The van der Waals surface area contributed by atoms with Gasteiger partial charge in [-0.05, 0) is 38.1 Å². The van der Waals surface area contributed by atoms with E-state index in [2.05, 4.69) is 10.6 Å². The highest BCUT2D eigenvalue weighted by atomic mass is 16.5. The fourth-order valence-corrected chi connectivity index (χ4v) is 2.34. The molecule has 30 heavy (non-hydrogen) atoms. The third-order valence-corrected chi connectivity index (χ3v) is 3.58. The highest BCUT2D eigenvalue weighted by molar-refractivity contribution is 6.04. The van der Waals surface area contributed by atoms with Crippen molar-refractivity contribution in [1.29, 1.82) is 0 Å². The molecule has 0 aliphatic heterocycles. The summed E-state index contributed by atoms with van der Waals surface area (Å²) in [5.74, 6) is 0.174. The van der Waals surface area contributed by atoms with Gasteiger partial charge in [-0.2, -0.15) is 0 Å². The number of para-hydroxylation sites is 4. The van der Waals surface area contributed by atoms with E-state index in [1.807, 2.05) is 0 Å². The van der Waals surface area contributed by atoms with E-state index in [-0.39, 0.29) is 36.2 Å². The van der Waals surface area contributed by atoms with Crippen LogP contribution in [0.1, 0.15) is 26.7 Å². The fourth-order valence-electron chi connectivity index (χ4n) is 2.34. The van der Waals surface area contributed by atoms with Crippen molar-refractivity contribution in [3.63, 3.8) is 0 Å². The van der Waals surface area contributed by atoms with Crippen LogP contribution in [0.25, 0.3) is 0 Å². The average molecular weight is 414 g/mol. The normalized spacial score (nSPS) is 9.47. The summed E-state index contributed by atoms with van der Waals surface area (Å²) in [5, 5.41) is 5.22. The lowest BCUT2D eigenvalue weighted by Crippen LogP contribution is -2.15. The number of hydrogen-bond donors (Lipinski definition) is 2. The Labute approximate surface area is 175 Å². The number of anilines is 2. The Bertz CT molecular complexity index is 821. The summed E-state index contributed by atoms with van der Waals surface area (Å²) in [6.07, 6.45) is -0.226. The molecular weight excluding hydrogens is 388 g/mol. The molecule has 0 spiro atoms. The van der Waals surface area contributed by atoms with Crippen LogP contribution in [0.15, 0.2) is 48.5 Å². The van der Waals surface area contributed by atoms with Crippen molar-refractivity contribution in [2.45, 2.75) is 26.7 Å². The minimum Gasteiger partial charge on any atom is -0.495 e. The molecule has 2 aromatic carbocycles. The number of ketones is 2. The lowest BCUT2D eigenvalue weighted by Gasteiger charge is -2.08. The van der Waals surface area contributed by atoms with Crippen LogP contribution in [0.3, 0.4) is 0 Å². The van der Waals surface area contributed by atoms with Crippen LogP contribution < -0.4 is 20.1 Å². The zero-order valence-electron chi connectivity index (χ0n) is 17.5. The van der Waals surface area contributed by atoms with E-state index in [1.54, 1.807) is 48.5 Å². The molecule has 0 aliphatic carbocycles. The number of benzene rings is 2. The number of ether oxygens (including phenoxy) is 2. The number of amides is 2. The van der Waals surface area contributed by atoms with Crippen molar-refractivity contribution in [2.24, 2.45) is 0 Å². The first-order valence-corrected chi connectivity index (χ1v) is 9.11. The van der Waals surface area contributed by atoms with Gasteiger partial charge in [0.15, 0.2) is 0 Å². The van der Waals surface area contributed by atoms with Crippen molar-refractivity contribution in [3.8, 4) is 11.5 Å². The summed E-state index contributed by atoms with van der Waals surface area (Å²) in [6, 6.07) is 14.1. The quantitative estimate of drug-likeness (QED) is 0.642. The van der Waals surface area contributed by atoms with Gasteiger partial charge in [-0.1, -0.05) is 24.3 Å². The maximum absolute atomic E-state index is 11.3. The zero-order valence-corrected chi connectivity index (χ0v) is 17.5. The maximum atomic E-state index is 11.3. The van der Waals surface area contributed by atoms with E-state index in [1.165, 1.54) is 28.1 Å². The molecule has 2 N–H and O–H groups in total. The first-order valence-electron chi connectivity index (χ1n) is 9.11. The molecule has 8 heteroatoms. The van der Waals surface area contributed by atoms with Gasteiger partial charge in [-0.25, -0.2) is 0 Å². The van der Waals surface area contributed by atoms with Gasteiger partial charge >= 0.3 is 0 Å². The van der Waals surface area contributed by atoms with Crippen LogP contribution in [-0.2, 0) is 19.2 Å². The number of carbonyl (C=O) groups excluding carboxylic acids is 4. The van der Waals surface area contributed by atoms with Gasteiger partial charge in [0.25, 0.3) is 0 Å². The molecule has 0 aliphatic rings. The summed E-state index contributed by atoms with van der Waals surface area (Å²) < 4.78 is 10.1. The largest absolute Gasteiger partial charge is 0.495 e. The predicted molar refractivity (Wildman–Crippen MR) is 114 cm³/mol. The Hall–Kier alpha value is -3.68. The second kappa shape index (κ2) is 12.7. The van der Waals surface area contributed by atoms with Crippen LogP contribution in [0.5, 0.6) is 11.5 Å². The number of rotatable bonds is 8. The first kappa shape index (κ1) is 24.4. The van der Waals surface area contributed by atoms with E-state index >= 15 is 0 Å². The molecule has 160 valence electrons. The molecule has 0 fully saturated rings. The molecule has 0 unspecified atom stereocenters. The van der Waals surface area contributed by atoms with E-state index in [0.717, 1.165) is 0 Å². The maximum Gasteiger partial charge on any atom is 0.231 e. The lowest BCUT2D eigenvalue weighted by atomic mass is 10.2. The molecule has 0 heterocycles. The Balaban J connectivity index is 0.000000300. The Kier molecular flexibility index (Phi) is 10.3. The molecule has 2 aromatic rings. The van der Waals surface area contributed by atoms with Crippen LogP contribution in [0, 0.1) is 0 Å². The van der Waals surface area contributed by atoms with Crippen molar-refractivity contribution >= 4 is 34.8 Å². The SMILES string of the molecule is COc1ccccc1NC(=O)CC(C)=O.COc1ccccc1NC(=O)CC(C)=O. The summed E-state index contributed by atoms with van der Waals surface area (Å²) >= 11 is 0. The van der Waals surface area contributed by atoms with Crippen molar-refractivity contribution in [1.82, 2.24) is 0 Å². The summed E-state index contributed by atoms with van der Waals surface area (Å²) in [6.45, 7) is 2.75. The monoisotopic (exact) mass is 414 g/mol. The molecular formula is C22H26N2O6. The topological polar surface area (TPSA) is 111 Å². The van der Waals surface area contributed by atoms with Crippen LogP contribution in [0.2, 0.25) is 0 Å². The predicted octanol–water partition coefficient (Wildman–Crippen LogP) is 3.23. The molecule has 2 rings (SSSR count). The van der Waals surface area contributed by atoms with Gasteiger partial charge in [0.05, 0.1) is 38.4 Å². The first-order chi connectivity index (χ1) is 14.3. The zero-order chi connectivity index (χ0) is 22.5. The van der Waals surface area contributed by atoms with Crippen LogP contribution in [0.4, 0.5) is 11.4 Å². The van der Waals surface area contributed by atoms with Gasteiger partial charge < -0.3 is 20.1 Å². The number of Topliss-reactive ketones (excluding diaryl/α,β-unsaturated/α-hetero) is 2. The van der Waals surface area contributed by atoms with E-state index < -0.39 is 0 Å². The minimum absolute atomic E-state index is 0.113. The van der Waals surface area contributed by atoms with E-state index in [9.17, 15) is 19.2 Å². The highest BCUT2D eigenvalue weighted by Crippen LogP contribution is 2.23. The van der Waals surface area contributed by atoms with Gasteiger partial charge in [-0.3, -0.25) is 19.2 Å². The third-order valence-electron chi connectivity index (χ3n) is 3.58. The summed E-state index contributed by atoms with van der Waals surface area (Å²) in [5.41, 5.74) is 1.15. The third kappa shape index (κ3) is 9.01. The molecule has 0 aromatic heterocycles. The average Bonchev–Trinajstić information content (AvgIpc) is 2.68. The van der Waals surface area contributed by atoms with Gasteiger partial charge in [-0.15, -0.1) is 0 Å². The van der Waals surface area contributed by atoms with E-state index in [0.29, 0.717) is 22.9 Å². The van der Waals surface area contributed by atoms with Crippen molar-refractivity contribution < 1.29 is 28.7 Å². The molecule has 0 atom stereocenters. The van der Waals surface area contributed by atoms with Crippen LogP contribution in [-0.4, -0.2) is 37.6 Å². The van der Waals surface area contributed by atoms with Crippen molar-refractivity contribution in [2.75, 3.05) is 24.9 Å². The minimum atomic E-state index is -0.327. The molecule has 8 nitrogen and oxygen atoms in total. The number of nitrogens with one attached hydrogen (secondary N) is 2. The number of carbonyl (C=O) groups is 4. The molecule has 0 bridgehead atoms. The number of methoxy groups -OCH3 is 2. The standard InChI is InChI=1S/2C11H13NO3/c2*1-8(13)7-11(14)12-9-5-3-4-6-10(9)15-2/h2*3-6H,7H2,1-2H3,(H,12,14). The van der Waals surface area contributed by atoms with Crippen LogP contribution >= 0.6 is 0 Å². The van der Waals surface area contributed by atoms with Gasteiger partial charge in [0.2, 0.25) is 11.8 Å². The fraction of sp³-hybridized carbons (Fsp3) is 0.273.